The highest BCUT2D eigenvalue weighted by Crippen LogP contribution is 2.49. The molecule has 80 valence electrons. The van der Waals surface area contributed by atoms with Crippen molar-refractivity contribution in [2.75, 3.05) is 0 Å². The van der Waals surface area contributed by atoms with E-state index in [0.29, 0.717) is 5.92 Å². The summed E-state index contributed by atoms with van der Waals surface area (Å²) in [6.45, 7) is 6.16. The van der Waals surface area contributed by atoms with Crippen LogP contribution in [0.5, 0.6) is 0 Å². The molecule has 0 radical (unpaired) electrons. The number of rotatable bonds is 3. The predicted octanol–water partition coefficient (Wildman–Crippen LogP) is 3.59. The molecule has 1 atom stereocenters. The number of hydrogen-bond donors (Lipinski definition) is 1. The molecule has 0 unspecified atom stereocenters. The van der Waals surface area contributed by atoms with Crippen LogP contribution in [0.4, 0.5) is 0 Å². The molecule has 1 aromatic carbocycles. The second-order valence-electron chi connectivity index (χ2n) is 4.51. The van der Waals surface area contributed by atoms with Crippen LogP contribution in [0.2, 0.25) is 0 Å². The van der Waals surface area contributed by atoms with Crippen molar-refractivity contribution in [1.29, 1.82) is 0 Å². The average Bonchev–Trinajstić information content (AvgIpc) is 3.00. The molecule has 0 heterocycles. The first-order chi connectivity index (χ1) is 7.05. The minimum Gasteiger partial charge on any atom is -0.402 e. The van der Waals surface area contributed by atoms with Gasteiger partial charge >= 0.3 is 0 Å². The SMILES string of the molecule is C=C(N)[C@@](C)(c1ccc(Br)cc1)C1CC1. The summed E-state index contributed by atoms with van der Waals surface area (Å²) < 4.78 is 1.10. The number of benzene rings is 1. The summed E-state index contributed by atoms with van der Waals surface area (Å²) in [7, 11) is 0. The van der Waals surface area contributed by atoms with Gasteiger partial charge in [0.1, 0.15) is 0 Å². The zero-order valence-corrected chi connectivity index (χ0v) is 10.5. The Morgan fingerprint density at radius 1 is 1.40 bits per heavy atom. The van der Waals surface area contributed by atoms with E-state index in [0.717, 1.165) is 10.2 Å². The molecule has 2 heteroatoms. The molecule has 2 N–H and O–H groups in total. The number of allylic oxidation sites excluding steroid dienone is 1. The third kappa shape index (κ3) is 1.83. The van der Waals surface area contributed by atoms with E-state index in [9.17, 15) is 0 Å². The van der Waals surface area contributed by atoms with E-state index in [1.54, 1.807) is 0 Å². The Bertz CT molecular complexity index is 378. The second-order valence-corrected chi connectivity index (χ2v) is 5.42. The topological polar surface area (TPSA) is 26.0 Å². The van der Waals surface area contributed by atoms with Gasteiger partial charge in [0.15, 0.2) is 0 Å². The summed E-state index contributed by atoms with van der Waals surface area (Å²) in [5.41, 5.74) is 8.00. The Hall–Kier alpha value is -0.760. The third-order valence-electron chi connectivity index (χ3n) is 3.50. The number of halogens is 1. The van der Waals surface area contributed by atoms with Crippen molar-refractivity contribution in [2.24, 2.45) is 11.7 Å². The first kappa shape index (κ1) is 10.7. The van der Waals surface area contributed by atoms with Crippen molar-refractivity contribution in [1.82, 2.24) is 0 Å². The molecular formula is C13H16BrN. The first-order valence-corrected chi connectivity index (χ1v) is 6.05. The monoisotopic (exact) mass is 265 g/mol. The summed E-state index contributed by atoms with van der Waals surface area (Å²) in [4.78, 5) is 0. The van der Waals surface area contributed by atoms with E-state index in [2.05, 4.69) is 53.7 Å². The Balaban J connectivity index is 2.40. The standard InChI is InChI=1S/C13H16BrN/c1-9(15)13(2,10-3-4-10)11-5-7-12(14)8-6-11/h5-8,10H,1,3-4,15H2,2H3/t13-/m1/s1. The maximum absolute atomic E-state index is 5.98. The summed E-state index contributed by atoms with van der Waals surface area (Å²) >= 11 is 3.45. The zero-order chi connectivity index (χ0) is 11.1. The molecule has 15 heavy (non-hydrogen) atoms. The first-order valence-electron chi connectivity index (χ1n) is 5.26. The van der Waals surface area contributed by atoms with E-state index in [1.165, 1.54) is 18.4 Å². The van der Waals surface area contributed by atoms with Gasteiger partial charge in [0.25, 0.3) is 0 Å². The highest BCUT2D eigenvalue weighted by Gasteiger charge is 2.43. The third-order valence-corrected chi connectivity index (χ3v) is 4.03. The fraction of sp³-hybridized carbons (Fsp3) is 0.385. The van der Waals surface area contributed by atoms with Crippen molar-refractivity contribution < 1.29 is 0 Å². The quantitative estimate of drug-likeness (QED) is 0.888. The van der Waals surface area contributed by atoms with Crippen molar-refractivity contribution >= 4 is 15.9 Å². The van der Waals surface area contributed by atoms with E-state index in [4.69, 9.17) is 5.73 Å². The Labute approximate surface area is 99.5 Å². The van der Waals surface area contributed by atoms with Gasteiger partial charge in [0.05, 0.1) is 0 Å². The Kier molecular flexibility index (Phi) is 2.63. The molecule has 1 aromatic rings. The van der Waals surface area contributed by atoms with Crippen LogP contribution < -0.4 is 5.73 Å². The van der Waals surface area contributed by atoms with Crippen molar-refractivity contribution in [3.8, 4) is 0 Å². The van der Waals surface area contributed by atoms with Crippen LogP contribution in [-0.2, 0) is 5.41 Å². The predicted molar refractivity (Wildman–Crippen MR) is 67.5 cm³/mol. The van der Waals surface area contributed by atoms with Gasteiger partial charge in [0.2, 0.25) is 0 Å². The lowest BCUT2D eigenvalue weighted by molar-refractivity contribution is 0.480. The molecule has 0 saturated heterocycles. The lowest BCUT2D eigenvalue weighted by Gasteiger charge is -2.30. The highest BCUT2D eigenvalue weighted by molar-refractivity contribution is 9.10. The van der Waals surface area contributed by atoms with Crippen LogP contribution in [0.15, 0.2) is 41.0 Å². The smallest absolute Gasteiger partial charge is 0.0342 e. The maximum Gasteiger partial charge on any atom is 0.0342 e. The molecule has 0 aliphatic heterocycles. The van der Waals surface area contributed by atoms with Crippen LogP contribution in [0.25, 0.3) is 0 Å². The lowest BCUT2D eigenvalue weighted by atomic mass is 9.76. The summed E-state index contributed by atoms with van der Waals surface area (Å²) in [6, 6.07) is 8.42. The van der Waals surface area contributed by atoms with Crippen LogP contribution in [0.1, 0.15) is 25.3 Å². The normalized spacial score (nSPS) is 19.6. The van der Waals surface area contributed by atoms with E-state index in [-0.39, 0.29) is 5.41 Å². The Morgan fingerprint density at radius 2 is 1.93 bits per heavy atom. The molecule has 0 amide bonds. The molecule has 1 aliphatic carbocycles. The maximum atomic E-state index is 5.98. The molecule has 0 aromatic heterocycles. The van der Waals surface area contributed by atoms with Crippen LogP contribution in [0.3, 0.4) is 0 Å². The van der Waals surface area contributed by atoms with Gasteiger partial charge in [-0.05, 0) is 43.4 Å². The molecule has 0 bridgehead atoms. The van der Waals surface area contributed by atoms with Gasteiger partial charge in [-0.2, -0.15) is 0 Å². The van der Waals surface area contributed by atoms with Gasteiger partial charge in [-0.15, -0.1) is 0 Å². The van der Waals surface area contributed by atoms with Gasteiger partial charge in [0, 0.05) is 15.6 Å². The van der Waals surface area contributed by atoms with Crippen molar-refractivity contribution in [2.45, 2.75) is 25.2 Å². The van der Waals surface area contributed by atoms with E-state index in [1.807, 2.05) is 0 Å². The minimum atomic E-state index is -0.0410. The molecule has 1 saturated carbocycles. The van der Waals surface area contributed by atoms with E-state index < -0.39 is 0 Å². The van der Waals surface area contributed by atoms with Crippen LogP contribution in [-0.4, -0.2) is 0 Å². The largest absolute Gasteiger partial charge is 0.402 e. The highest BCUT2D eigenvalue weighted by atomic mass is 79.9. The van der Waals surface area contributed by atoms with E-state index >= 15 is 0 Å². The summed E-state index contributed by atoms with van der Waals surface area (Å²) in [5, 5.41) is 0. The van der Waals surface area contributed by atoms with Gasteiger partial charge in [-0.25, -0.2) is 0 Å². The molecular weight excluding hydrogens is 250 g/mol. The van der Waals surface area contributed by atoms with Gasteiger partial charge in [-0.1, -0.05) is 34.6 Å². The fourth-order valence-corrected chi connectivity index (χ4v) is 2.40. The average molecular weight is 266 g/mol. The summed E-state index contributed by atoms with van der Waals surface area (Å²) in [5.74, 6) is 0.677. The molecule has 1 nitrogen and oxygen atoms in total. The van der Waals surface area contributed by atoms with Crippen LogP contribution >= 0.6 is 15.9 Å². The zero-order valence-electron chi connectivity index (χ0n) is 8.96. The minimum absolute atomic E-state index is 0.0410. The van der Waals surface area contributed by atoms with Crippen molar-refractivity contribution in [3.05, 3.63) is 46.6 Å². The van der Waals surface area contributed by atoms with Crippen molar-refractivity contribution in [3.63, 3.8) is 0 Å². The van der Waals surface area contributed by atoms with Gasteiger partial charge < -0.3 is 5.73 Å². The fourth-order valence-electron chi connectivity index (χ4n) is 2.14. The lowest BCUT2D eigenvalue weighted by Crippen LogP contribution is -2.31. The molecule has 1 fully saturated rings. The van der Waals surface area contributed by atoms with Gasteiger partial charge in [-0.3, -0.25) is 0 Å². The Morgan fingerprint density at radius 3 is 2.33 bits per heavy atom. The molecule has 2 rings (SSSR count). The number of nitrogens with two attached hydrogens (primary N) is 1. The van der Waals surface area contributed by atoms with Crippen LogP contribution in [0, 0.1) is 5.92 Å². The molecule has 1 aliphatic rings. The summed E-state index contributed by atoms with van der Waals surface area (Å²) in [6.07, 6.45) is 2.53. The molecule has 0 spiro atoms. The number of hydrogen-bond acceptors (Lipinski definition) is 1. The second kappa shape index (κ2) is 3.67.